The number of hydrogen-bond donors (Lipinski definition) is 1. The van der Waals surface area contributed by atoms with Crippen LogP contribution in [0.4, 0.5) is 5.69 Å². The van der Waals surface area contributed by atoms with Crippen molar-refractivity contribution in [3.8, 4) is 11.5 Å². The van der Waals surface area contributed by atoms with Gasteiger partial charge in [-0.25, -0.2) is 0 Å². The summed E-state index contributed by atoms with van der Waals surface area (Å²) in [7, 11) is 0. The molecule has 3 aromatic carbocycles. The Hall–Kier alpha value is -3.57. The number of anilines is 1. The van der Waals surface area contributed by atoms with Crippen LogP contribution in [0.15, 0.2) is 77.7 Å². The number of nitrogens with one attached hydrogen (secondary N) is 1. The molecule has 0 radical (unpaired) electrons. The van der Waals surface area contributed by atoms with E-state index in [0.29, 0.717) is 34.1 Å². The van der Waals surface area contributed by atoms with Crippen molar-refractivity contribution in [3.05, 3.63) is 99.3 Å². The summed E-state index contributed by atoms with van der Waals surface area (Å²) in [4.78, 5) is 26.2. The van der Waals surface area contributed by atoms with E-state index < -0.39 is 5.91 Å². The number of benzene rings is 3. The average Bonchev–Trinajstić information content (AvgIpc) is 2.77. The first-order chi connectivity index (χ1) is 15.0. The second kappa shape index (κ2) is 8.66. The maximum atomic E-state index is 13.1. The number of aromatic nitrogens is 1. The number of para-hydroxylation sites is 1. The van der Waals surface area contributed by atoms with E-state index in [-0.39, 0.29) is 11.0 Å². The summed E-state index contributed by atoms with van der Waals surface area (Å²) in [5.41, 5.74) is 1.89. The number of fused-ring (bicyclic) bond motifs is 1. The molecule has 1 aromatic heterocycles. The first-order valence-corrected chi connectivity index (χ1v) is 10.3. The van der Waals surface area contributed by atoms with Gasteiger partial charge in [0.2, 0.25) is 5.43 Å². The predicted molar refractivity (Wildman–Crippen MR) is 125 cm³/mol. The van der Waals surface area contributed by atoms with Gasteiger partial charge in [-0.15, -0.1) is 0 Å². The van der Waals surface area contributed by atoms with Gasteiger partial charge in [-0.05, 0) is 56.3 Å². The highest BCUT2D eigenvalue weighted by Crippen LogP contribution is 2.32. The lowest BCUT2D eigenvalue weighted by Gasteiger charge is -2.15. The number of carbonyl (C=O) groups excluding carboxylic acids is 1. The van der Waals surface area contributed by atoms with E-state index in [1.54, 1.807) is 24.4 Å². The highest BCUT2D eigenvalue weighted by molar-refractivity contribution is 6.31. The van der Waals surface area contributed by atoms with Gasteiger partial charge in [0.15, 0.2) is 5.75 Å². The molecule has 0 unspecified atom stereocenters. The molecule has 1 heterocycles. The molecule has 1 amide bonds. The first kappa shape index (κ1) is 20.7. The molecule has 0 aliphatic carbocycles. The van der Waals surface area contributed by atoms with E-state index in [0.717, 1.165) is 11.1 Å². The zero-order valence-electron chi connectivity index (χ0n) is 17.2. The van der Waals surface area contributed by atoms with Gasteiger partial charge in [0.25, 0.3) is 5.91 Å². The number of ether oxygens (including phenoxy) is 1. The summed E-state index contributed by atoms with van der Waals surface area (Å²) in [6.07, 6.45) is 1.59. The molecule has 6 heteroatoms. The van der Waals surface area contributed by atoms with Crippen LogP contribution in [0.5, 0.6) is 11.5 Å². The summed E-state index contributed by atoms with van der Waals surface area (Å²) in [6, 6.07) is 19.8. The molecule has 1 N–H and O–H groups in total. The van der Waals surface area contributed by atoms with Crippen molar-refractivity contribution < 1.29 is 9.53 Å². The molecule has 0 fully saturated rings. The Bertz CT molecular complexity index is 1330. The summed E-state index contributed by atoms with van der Waals surface area (Å²) in [5.74, 6) is 0.530. The molecule has 0 saturated carbocycles. The van der Waals surface area contributed by atoms with Gasteiger partial charge < -0.3 is 14.6 Å². The predicted octanol–water partition coefficient (Wildman–Crippen LogP) is 6.03. The normalized spacial score (nSPS) is 10.8. The molecule has 4 aromatic rings. The summed E-state index contributed by atoms with van der Waals surface area (Å²) in [5, 5.41) is 3.75. The fraction of sp³-hybridized carbons (Fsp3) is 0.120. The minimum atomic E-state index is -0.518. The third-order valence-electron chi connectivity index (χ3n) is 4.98. The number of carbonyl (C=O) groups is 1. The van der Waals surface area contributed by atoms with Crippen LogP contribution >= 0.6 is 11.6 Å². The Kier molecular flexibility index (Phi) is 5.78. The second-order valence-corrected chi connectivity index (χ2v) is 7.62. The molecule has 0 aliphatic rings. The zero-order valence-corrected chi connectivity index (χ0v) is 17.9. The summed E-state index contributed by atoms with van der Waals surface area (Å²) < 4.78 is 7.80. The Labute approximate surface area is 184 Å². The van der Waals surface area contributed by atoms with E-state index in [4.69, 9.17) is 16.3 Å². The maximum Gasteiger partial charge on any atom is 0.261 e. The lowest BCUT2D eigenvalue weighted by molar-refractivity contribution is 0.102. The van der Waals surface area contributed by atoms with Crippen LogP contribution in [-0.2, 0) is 6.54 Å². The van der Waals surface area contributed by atoms with Gasteiger partial charge in [-0.2, -0.15) is 0 Å². The van der Waals surface area contributed by atoms with E-state index >= 15 is 0 Å². The second-order valence-electron chi connectivity index (χ2n) is 7.19. The molecule has 0 atom stereocenters. The summed E-state index contributed by atoms with van der Waals surface area (Å²) in [6.45, 7) is 4.51. The van der Waals surface area contributed by atoms with Gasteiger partial charge in [-0.1, -0.05) is 41.4 Å². The molecule has 0 aliphatic heterocycles. The molecular formula is C25H21ClN2O3. The number of pyridine rings is 1. The maximum absolute atomic E-state index is 13.1. The molecular weight excluding hydrogens is 412 g/mol. The van der Waals surface area contributed by atoms with Crippen molar-refractivity contribution in [1.82, 2.24) is 4.57 Å². The molecule has 4 rings (SSSR count). The standard InChI is InChI=1S/C25H21ClN2O3/c1-3-28-15-20(24(29)19-13-16(2)9-11-22(19)28)25(30)27-21-14-17(26)10-12-23(21)31-18-7-5-4-6-8-18/h4-15H,3H2,1-2H3,(H,27,30). The molecule has 5 nitrogen and oxygen atoms in total. The highest BCUT2D eigenvalue weighted by Gasteiger charge is 2.17. The summed E-state index contributed by atoms with van der Waals surface area (Å²) >= 11 is 6.15. The number of halogens is 1. The van der Waals surface area contributed by atoms with Crippen LogP contribution in [0.25, 0.3) is 10.9 Å². The van der Waals surface area contributed by atoms with Crippen molar-refractivity contribution in [1.29, 1.82) is 0 Å². The van der Waals surface area contributed by atoms with Gasteiger partial charge in [0, 0.05) is 23.2 Å². The van der Waals surface area contributed by atoms with Crippen molar-refractivity contribution >= 4 is 34.1 Å². The van der Waals surface area contributed by atoms with Gasteiger partial charge in [0.1, 0.15) is 11.3 Å². The molecule has 156 valence electrons. The van der Waals surface area contributed by atoms with Crippen LogP contribution in [0.2, 0.25) is 5.02 Å². The lowest BCUT2D eigenvalue weighted by atomic mass is 10.1. The fourth-order valence-electron chi connectivity index (χ4n) is 3.43. The van der Waals surface area contributed by atoms with Crippen molar-refractivity contribution in [2.45, 2.75) is 20.4 Å². The highest BCUT2D eigenvalue weighted by atomic mass is 35.5. The van der Waals surface area contributed by atoms with Crippen molar-refractivity contribution in [2.24, 2.45) is 0 Å². The van der Waals surface area contributed by atoms with Gasteiger partial charge in [0.05, 0.1) is 11.2 Å². The van der Waals surface area contributed by atoms with Crippen LogP contribution in [0.3, 0.4) is 0 Å². The number of aryl methyl sites for hydroxylation is 2. The van der Waals surface area contributed by atoms with E-state index in [9.17, 15) is 9.59 Å². The quantitative estimate of drug-likeness (QED) is 0.419. The number of nitrogens with zero attached hydrogens (tertiary/aromatic N) is 1. The zero-order chi connectivity index (χ0) is 22.0. The van der Waals surface area contributed by atoms with Crippen molar-refractivity contribution in [3.63, 3.8) is 0 Å². The third kappa shape index (κ3) is 4.32. The fourth-order valence-corrected chi connectivity index (χ4v) is 3.60. The largest absolute Gasteiger partial charge is 0.455 e. The van der Waals surface area contributed by atoms with Crippen LogP contribution in [-0.4, -0.2) is 10.5 Å². The van der Waals surface area contributed by atoms with E-state index in [1.165, 1.54) is 0 Å². The minimum absolute atomic E-state index is 0.0607. The van der Waals surface area contributed by atoms with Crippen LogP contribution < -0.4 is 15.5 Å². The van der Waals surface area contributed by atoms with Gasteiger partial charge in [-0.3, -0.25) is 9.59 Å². The Morgan fingerprint density at radius 2 is 1.84 bits per heavy atom. The Morgan fingerprint density at radius 3 is 2.58 bits per heavy atom. The molecule has 31 heavy (non-hydrogen) atoms. The molecule has 0 spiro atoms. The minimum Gasteiger partial charge on any atom is -0.455 e. The lowest BCUT2D eigenvalue weighted by Crippen LogP contribution is -2.24. The number of amides is 1. The van der Waals surface area contributed by atoms with Crippen LogP contribution in [0, 0.1) is 6.92 Å². The average molecular weight is 433 g/mol. The SMILES string of the molecule is CCn1cc(C(=O)Nc2cc(Cl)ccc2Oc2ccccc2)c(=O)c2cc(C)ccc21. The first-order valence-electron chi connectivity index (χ1n) is 9.94. The smallest absolute Gasteiger partial charge is 0.261 e. The number of hydrogen-bond acceptors (Lipinski definition) is 3. The topological polar surface area (TPSA) is 60.3 Å². The Morgan fingerprint density at radius 1 is 1.06 bits per heavy atom. The van der Waals surface area contributed by atoms with E-state index in [1.807, 2.05) is 66.9 Å². The Balaban J connectivity index is 1.74. The van der Waals surface area contributed by atoms with E-state index in [2.05, 4.69) is 5.32 Å². The monoisotopic (exact) mass is 432 g/mol. The molecule has 0 saturated heterocycles. The number of rotatable bonds is 5. The third-order valence-corrected chi connectivity index (χ3v) is 5.22. The molecule has 0 bridgehead atoms. The van der Waals surface area contributed by atoms with Gasteiger partial charge >= 0.3 is 0 Å². The van der Waals surface area contributed by atoms with Crippen LogP contribution in [0.1, 0.15) is 22.8 Å². The van der Waals surface area contributed by atoms with Crippen molar-refractivity contribution in [2.75, 3.05) is 5.32 Å².